The van der Waals surface area contributed by atoms with E-state index >= 15 is 0 Å². The summed E-state index contributed by atoms with van der Waals surface area (Å²) in [7, 11) is 2.10. The van der Waals surface area contributed by atoms with E-state index in [2.05, 4.69) is 58.5 Å². The van der Waals surface area contributed by atoms with Crippen molar-refractivity contribution in [3.8, 4) is 0 Å². The van der Waals surface area contributed by atoms with Crippen molar-refractivity contribution in [2.75, 3.05) is 25.5 Å². The normalized spacial score (nSPS) is 29.9. The van der Waals surface area contributed by atoms with Crippen LogP contribution in [0, 0.1) is 5.92 Å². The molecule has 0 bridgehead atoms. The van der Waals surface area contributed by atoms with Crippen LogP contribution in [0.2, 0.25) is 0 Å². The molecule has 2 atom stereocenters. The Hall–Kier alpha value is -2.66. The number of hydrogen-bond donors (Lipinski definition) is 4. The number of fused-ring (bicyclic) bond motifs is 1. The first kappa shape index (κ1) is 24.1. The first-order valence-corrected chi connectivity index (χ1v) is 12.5. The molecule has 1 aromatic rings. The number of aromatic amines is 1. The molecule has 1 unspecified atom stereocenters. The number of allylic oxidation sites excluding steroid dienone is 1. The van der Waals surface area contributed by atoms with E-state index in [0.29, 0.717) is 31.2 Å². The number of nitrogens with two attached hydrogens (primary N) is 1. The number of urea groups is 1. The van der Waals surface area contributed by atoms with Gasteiger partial charge < -0.3 is 20.4 Å². The largest absolute Gasteiger partial charge is 0.333 e. The van der Waals surface area contributed by atoms with Crippen LogP contribution in [0.5, 0.6) is 0 Å². The maximum absolute atomic E-state index is 14.7. The number of nitrogens with zero attached hydrogens (tertiary/aromatic N) is 5. The number of aromatic nitrogens is 2. The van der Waals surface area contributed by atoms with Crippen LogP contribution in [-0.2, 0) is 12.1 Å². The van der Waals surface area contributed by atoms with Crippen molar-refractivity contribution in [2.45, 2.75) is 83.3 Å². The summed E-state index contributed by atoms with van der Waals surface area (Å²) in [5.41, 5.74) is 7.38. The molecular weight excluding hydrogens is 449 g/mol. The molecular formula is C24H38FN9O. The van der Waals surface area contributed by atoms with Gasteiger partial charge >= 0.3 is 6.03 Å². The number of rotatable bonds is 4. The first-order valence-electron chi connectivity index (χ1n) is 12.5. The molecule has 10 nitrogen and oxygen atoms in total. The van der Waals surface area contributed by atoms with E-state index in [1.54, 1.807) is 0 Å². The average molecular weight is 488 g/mol. The number of anilines is 1. The van der Waals surface area contributed by atoms with E-state index in [4.69, 9.17) is 5.73 Å². The Kier molecular flexibility index (Phi) is 5.45. The molecule has 2 amide bonds. The van der Waals surface area contributed by atoms with Crippen LogP contribution in [0.25, 0.3) is 0 Å². The highest BCUT2D eigenvalue weighted by Gasteiger charge is 2.48. The highest BCUT2D eigenvalue weighted by atomic mass is 19.1. The van der Waals surface area contributed by atoms with Gasteiger partial charge in [-0.1, -0.05) is 0 Å². The predicted molar refractivity (Wildman–Crippen MR) is 133 cm³/mol. The molecule has 3 aliphatic heterocycles. The Morgan fingerprint density at radius 3 is 2.71 bits per heavy atom. The van der Waals surface area contributed by atoms with Crippen molar-refractivity contribution in [3.05, 3.63) is 22.9 Å². The van der Waals surface area contributed by atoms with Gasteiger partial charge in [0.15, 0.2) is 17.4 Å². The monoisotopic (exact) mass is 487 g/mol. The van der Waals surface area contributed by atoms with Crippen molar-refractivity contribution < 1.29 is 9.18 Å². The number of carbonyl (C=O) groups excluding carboxylic acids is 1. The molecule has 0 spiro atoms. The van der Waals surface area contributed by atoms with Crippen LogP contribution in [0.15, 0.2) is 16.6 Å². The van der Waals surface area contributed by atoms with Gasteiger partial charge in [-0.05, 0) is 60.4 Å². The summed E-state index contributed by atoms with van der Waals surface area (Å²) in [6.07, 6.45) is 4.07. The number of piperazine rings is 1. The first-order chi connectivity index (χ1) is 16.3. The molecule has 5 rings (SSSR count). The zero-order valence-electron chi connectivity index (χ0n) is 21.6. The number of carbonyl (C=O) groups is 1. The van der Waals surface area contributed by atoms with E-state index in [1.807, 2.05) is 23.6 Å². The summed E-state index contributed by atoms with van der Waals surface area (Å²) in [5.74, 6) is -0.419. The minimum Gasteiger partial charge on any atom is -0.333 e. The number of hydrogen-bond acceptors (Lipinski definition) is 7. The number of likely N-dealkylation sites (N-methyl/N-ethyl adjacent to an activating group) is 1. The van der Waals surface area contributed by atoms with Gasteiger partial charge in [-0.2, -0.15) is 5.10 Å². The fourth-order valence-corrected chi connectivity index (χ4v) is 5.39. The Balaban J connectivity index is 1.35. The van der Waals surface area contributed by atoms with Crippen molar-refractivity contribution >= 4 is 18.1 Å². The average Bonchev–Trinajstić information content (AvgIpc) is 3.40. The van der Waals surface area contributed by atoms with Gasteiger partial charge in [0.25, 0.3) is 0 Å². The molecule has 0 radical (unpaired) electrons. The van der Waals surface area contributed by atoms with Crippen LogP contribution in [0.3, 0.4) is 0 Å². The second-order valence-electron chi connectivity index (χ2n) is 11.8. The summed E-state index contributed by atoms with van der Waals surface area (Å²) in [6.45, 7) is 12.3. The Labute approximate surface area is 206 Å². The molecule has 11 heteroatoms. The van der Waals surface area contributed by atoms with Gasteiger partial charge in [-0.25, -0.2) is 14.2 Å². The topological polar surface area (TPSA) is 118 Å². The van der Waals surface area contributed by atoms with E-state index in [9.17, 15) is 9.18 Å². The van der Waals surface area contributed by atoms with Crippen LogP contribution < -0.4 is 16.4 Å². The van der Waals surface area contributed by atoms with Crippen LogP contribution in [0.4, 0.5) is 15.0 Å². The lowest BCUT2D eigenvalue weighted by Gasteiger charge is -2.50. The Morgan fingerprint density at radius 1 is 1.31 bits per heavy atom. The summed E-state index contributed by atoms with van der Waals surface area (Å²) >= 11 is 0. The fraction of sp³-hybridized carbons (Fsp3) is 0.708. The molecule has 1 aromatic heterocycles. The van der Waals surface area contributed by atoms with E-state index in [1.165, 1.54) is 6.21 Å². The van der Waals surface area contributed by atoms with E-state index in [-0.39, 0.29) is 23.4 Å². The lowest BCUT2D eigenvalue weighted by atomic mass is 9.96. The lowest BCUT2D eigenvalue weighted by Crippen LogP contribution is -2.65. The highest BCUT2D eigenvalue weighted by molar-refractivity contribution is 5.80. The number of amides is 2. The highest BCUT2D eigenvalue weighted by Crippen LogP contribution is 2.42. The van der Waals surface area contributed by atoms with Gasteiger partial charge in [0, 0.05) is 36.7 Å². The van der Waals surface area contributed by atoms with E-state index < -0.39 is 17.2 Å². The summed E-state index contributed by atoms with van der Waals surface area (Å²) < 4.78 is 14.7. The van der Waals surface area contributed by atoms with Crippen LogP contribution in [-0.4, -0.2) is 74.6 Å². The Morgan fingerprint density at radius 2 is 2.03 bits per heavy atom. The number of aliphatic imine (C=N–C) groups is 1. The number of H-pyrrole nitrogens is 1. The molecule has 4 heterocycles. The fourth-order valence-electron chi connectivity index (χ4n) is 5.39. The maximum atomic E-state index is 14.7. The molecule has 192 valence electrons. The van der Waals surface area contributed by atoms with Crippen molar-refractivity contribution in [2.24, 2.45) is 16.6 Å². The smallest absolute Gasteiger partial charge is 0.321 e. The van der Waals surface area contributed by atoms with Gasteiger partial charge in [0.2, 0.25) is 0 Å². The zero-order valence-corrected chi connectivity index (χ0v) is 21.6. The second kappa shape index (κ2) is 7.92. The molecule has 1 aliphatic carbocycles. The maximum Gasteiger partial charge on any atom is 0.321 e. The molecule has 0 aromatic carbocycles. The minimum absolute atomic E-state index is 0.00189. The van der Waals surface area contributed by atoms with Gasteiger partial charge in [-0.15, -0.1) is 0 Å². The third kappa shape index (κ3) is 4.18. The molecule has 1 saturated heterocycles. The molecule has 1 saturated carbocycles. The third-order valence-corrected chi connectivity index (χ3v) is 8.14. The summed E-state index contributed by atoms with van der Waals surface area (Å²) in [6, 6.07) is 0.0954. The van der Waals surface area contributed by atoms with Crippen molar-refractivity contribution in [3.63, 3.8) is 0 Å². The van der Waals surface area contributed by atoms with Crippen molar-refractivity contribution in [1.82, 2.24) is 30.2 Å². The van der Waals surface area contributed by atoms with Gasteiger partial charge in [0.1, 0.15) is 5.82 Å². The molecule has 4 aliphatic rings. The Bertz CT molecular complexity index is 1090. The summed E-state index contributed by atoms with van der Waals surface area (Å²) in [5, 5.41) is 13.6. The van der Waals surface area contributed by atoms with E-state index in [0.717, 1.165) is 30.6 Å². The molecule has 2 fully saturated rings. The van der Waals surface area contributed by atoms with Crippen LogP contribution >= 0.6 is 0 Å². The van der Waals surface area contributed by atoms with Gasteiger partial charge in [-0.3, -0.25) is 15.7 Å². The number of halogens is 1. The minimum atomic E-state index is -1.04. The standard InChI is InChI=1S/C24H38FN9O/c1-14-11-32(6)22(2,3)13-33(14)21(35)34-12-16-18(23(34,4)5)30-31-19(16)28-20-17(25)10-27-24(26,29-20)9-15-7-8-15/h10,14-15,29H,7-9,11-13,26H2,1-6H3,(H2,28,30,31)/t14-,24?/m0/s1. The number of nitrogens with one attached hydrogen (secondary N) is 3. The second-order valence-corrected chi connectivity index (χ2v) is 11.8. The quantitative estimate of drug-likeness (QED) is 0.519. The zero-order chi connectivity index (χ0) is 25.3. The van der Waals surface area contributed by atoms with Crippen LogP contribution in [0.1, 0.15) is 65.1 Å². The lowest BCUT2D eigenvalue weighted by molar-refractivity contribution is 0.00695. The third-order valence-electron chi connectivity index (χ3n) is 8.14. The molecule has 5 N–H and O–H groups in total. The SMILES string of the molecule is C[C@H]1CN(C)C(C)(C)CN1C(=O)N1Cc2c(NC3=C(F)C=NC(N)(CC4CC4)N3)n[nH]c2C1(C)C. The molecule has 35 heavy (non-hydrogen) atoms. The van der Waals surface area contributed by atoms with Gasteiger partial charge in [0.05, 0.1) is 24.0 Å². The summed E-state index contributed by atoms with van der Waals surface area (Å²) in [4.78, 5) is 24.1. The van der Waals surface area contributed by atoms with Crippen molar-refractivity contribution in [1.29, 1.82) is 0 Å². The predicted octanol–water partition coefficient (Wildman–Crippen LogP) is 2.63.